The number of ether oxygens (including phenoxy) is 1. The Morgan fingerprint density at radius 2 is 1.80 bits per heavy atom. The predicted octanol–water partition coefficient (Wildman–Crippen LogP) is 1.50. The van der Waals surface area contributed by atoms with Gasteiger partial charge < -0.3 is 14.4 Å². The second kappa shape index (κ2) is 6.76. The average molecular weight is 283 g/mol. The fraction of sp³-hybridized carbons (Fsp3) is 0.643. The summed E-state index contributed by atoms with van der Waals surface area (Å²) in [6, 6.07) is 0. The summed E-state index contributed by atoms with van der Waals surface area (Å²) in [4.78, 5) is 22.4. The molecular formula is C14H21NO5. The van der Waals surface area contributed by atoms with Crippen LogP contribution in [0.5, 0.6) is 0 Å². The highest BCUT2D eigenvalue weighted by Crippen LogP contribution is 2.19. The maximum absolute atomic E-state index is 11.2. The van der Waals surface area contributed by atoms with E-state index in [0.29, 0.717) is 5.76 Å². The van der Waals surface area contributed by atoms with Gasteiger partial charge in [0.1, 0.15) is 22.9 Å². The molecule has 0 amide bonds. The molecule has 6 nitrogen and oxygen atoms in total. The number of carbonyl (C=O) groups is 2. The van der Waals surface area contributed by atoms with Crippen molar-refractivity contribution in [3.8, 4) is 0 Å². The SMILES string of the molecule is CC(=O)CC(O)(COCc1c(C)noc1C)CC(C)=O. The fourth-order valence-electron chi connectivity index (χ4n) is 2.14. The molecule has 0 aliphatic heterocycles. The largest absolute Gasteiger partial charge is 0.387 e. The van der Waals surface area contributed by atoms with Gasteiger partial charge in [-0.25, -0.2) is 0 Å². The summed E-state index contributed by atoms with van der Waals surface area (Å²) in [5.74, 6) is 0.286. The zero-order valence-corrected chi connectivity index (χ0v) is 12.4. The molecule has 1 aromatic rings. The quantitative estimate of drug-likeness (QED) is 0.777. The van der Waals surface area contributed by atoms with E-state index >= 15 is 0 Å². The highest BCUT2D eigenvalue weighted by atomic mass is 16.5. The molecule has 1 heterocycles. The molecule has 0 spiro atoms. The molecule has 0 aliphatic rings. The van der Waals surface area contributed by atoms with Crippen LogP contribution >= 0.6 is 0 Å². The van der Waals surface area contributed by atoms with E-state index in [1.807, 2.05) is 0 Å². The molecule has 0 saturated carbocycles. The molecule has 1 N–H and O–H groups in total. The van der Waals surface area contributed by atoms with E-state index in [1.54, 1.807) is 13.8 Å². The maximum Gasteiger partial charge on any atom is 0.139 e. The molecule has 112 valence electrons. The van der Waals surface area contributed by atoms with Crippen molar-refractivity contribution in [3.05, 3.63) is 17.0 Å². The number of nitrogens with zero attached hydrogens (tertiary/aromatic N) is 1. The Kier molecular flexibility index (Phi) is 5.59. The summed E-state index contributed by atoms with van der Waals surface area (Å²) in [6.07, 6.45) is -0.206. The Labute approximate surface area is 118 Å². The molecule has 0 saturated heterocycles. The van der Waals surface area contributed by atoms with Crippen LogP contribution in [0.4, 0.5) is 0 Å². The number of hydrogen-bond donors (Lipinski definition) is 1. The molecule has 0 unspecified atom stereocenters. The van der Waals surface area contributed by atoms with Crippen molar-refractivity contribution in [1.29, 1.82) is 0 Å². The second-order valence-corrected chi connectivity index (χ2v) is 5.28. The predicted molar refractivity (Wildman–Crippen MR) is 71.2 cm³/mol. The minimum absolute atomic E-state index is 0.0871. The van der Waals surface area contributed by atoms with Gasteiger partial charge in [0.25, 0.3) is 0 Å². The minimum Gasteiger partial charge on any atom is -0.387 e. The van der Waals surface area contributed by atoms with Gasteiger partial charge in [0.15, 0.2) is 0 Å². The number of aryl methyl sites for hydroxylation is 2. The molecule has 0 atom stereocenters. The van der Waals surface area contributed by atoms with Gasteiger partial charge >= 0.3 is 0 Å². The van der Waals surface area contributed by atoms with Crippen molar-refractivity contribution in [2.75, 3.05) is 6.61 Å². The van der Waals surface area contributed by atoms with E-state index in [-0.39, 0.29) is 37.6 Å². The minimum atomic E-state index is -1.45. The first-order chi connectivity index (χ1) is 9.23. The molecule has 0 fully saturated rings. The monoisotopic (exact) mass is 283 g/mol. The van der Waals surface area contributed by atoms with Crippen LogP contribution in [0.3, 0.4) is 0 Å². The molecule has 0 aliphatic carbocycles. The van der Waals surface area contributed by atoms with Gasteiger partial charge in [-0.1, -0.05) is 5.16 Å². The van der Waals surface area contributed by atoms with Crippen molar-refractivity contribution in [3.63, 3.8) is 0 Å². The Morgan fingerprint density at radius 1 is 1.25 bits per heavy atom. The van der Waals surface area contributed by atoms with Gasteiger partial charge in [-0.2, -0.15) is 0 Å². The van der Waals surface area contributed by atoms with Crippen LogP contribution in [-0.4, -0.2) is 34.0 Å². The topological polar surface area (TPSA) is 89.6 Å². The lowest BCUT2D eigenvalue weighted by atomic mass is 9.92. The third-order valence-corrected chi connectivity index (χ3v) is 2.95. The van der Waals surface area contributed by atoms with Crippen molar-refractivity contribution >= 4 is 11.6 Å². The molecule has 1 aromatic heterocycles. The number of aromatic nitrogens is 1. The highest BCUT2D eigenvalue weighted by Gasteiger charge is 2.31. The van der Waals surface area contributed by atoms with Crippen LogP contribution in [0.25, 0.3) is 0 Å². The van der Waals surface area contributed by atoms with E-state index in [0.717, 1.165) is 11.3 Å². The smallest absolute Gasteiger partial charge is 0.139 e. The van der Waals surface area contributed by atoms with Gasteiger partial charge in [0.05, 0.1) is 18.9 Å². The first kappa shape index (κ1) is 16.5. The molecule has 0 radical (unpaired) electrons. The lowest BCUT2D eigenvalue weighted by molar-refractivity contribution is -0.132. The van der Waals surface area contributed by atoms with E-state index in [2.05, 4.69) is 5.16 Å². The Morgan fingerprint density at radius 3 is 2.20 bits per heavy atom. The Bertz CT molecular complexity index is 456. The first-order valence-electron chi connectivity index (χ1n) is 6.44. The summed E-state index contributed by atoms with van der Waals surface area (Å²) in [7, 11) is 0. The second-order valence-electron chi connectivity index (χ2n) is 5.28. The molecular weight excluding hydrogens is 262 g/mol. The van der Waals surface area contributed by atoms with Crippen molar-refractivity contribution in [2.24, 2.45) is 0 Å². The van der Waals surface area contributed by atoms with Crippen molar-refractivity contribution in [2.45, 2.75) is 52.7 Å². The summed E-state index contributed by atoms with van der Waals surface area (Å²) < 4.78 is 10.5. The third-order valence-electron chi connectivity index (χ3n) is 2.95. The normalized spacial score (nSPS) is 11.7. The number of rotatable bonds is 8. The fourth-order valence-corrected chi connectivity index (χ4v) is 2.14. The third kappa shape index (κ3) is 4.86. The summed E-state index contributed by atoms with van der Waals surface area (Å²) in [5, 5.41) is 14.1. The standard InChI is InChI=1S/C14H21NO5/c1-9(16)5-14(18,6-10(2)17)8-19-7-13-11(3)15-20-12(13)4/h18H,5-8H2,1-4H3. The molecule has 20 heavy (non-hydrogen) atoms. The van der Waals surface area contributed by atoms with Gasteiger partial charge in [-0.3, -0.25) is 9.59 Å². The summed E-state index contributed by atoms with van der Waals surface area (Å²) >= 11 is 0. The van der Waals surface area contributed by atoms with Gasteiger partial charge in [-0.15, -0.1) is 0 Å². The van der Waals surface area contributed by atoms with E-state index in [4.69, 9.17) is 9.26 Å². The summed E-state index contributed by atoms with van der Waals surface area (Å²) in [6.45, 7) is 6.46. The first-order valence-corrected chi connectivity index (χ1v) is 6.44. The number of aliphatic hydroxyl groups is 1. The number of Topliss-reactive ketones (excluding diaryl/α,β-unsaturated/α-hetero) is 2. The zero-order chi connectivity index (χ0) is 15.3. The lowest BCUT2D eigenvalue weighted by Crippen LogP contribution is -2.38. The zero-order valence-electron chi connectivity index (χ0n) is 12.4. The van der Waals surface area contributed by atoms with Crippen molar-refractivity contribution in [1.82, 2.24) is 5.16 Å². The molecule has 1 rings (SSSR count). The van der Waals surface area contributed by atoms with Crippen LogP contribution in [0, 0.1) is 13.8 Å². The molecule has 0 bridgehead atoms. The maximum atomic E-state index is 11.2. The van der Waals surface area contributed by atoms with Crippen LogP contribution < -0.4 is 0 Å². The Balaban J connectivity index is 2.63. The Hall–Kier alpha value is -1.53. The van der Waals surface area contributed by atoms with Gasteiger partial charge in [-0.05, 0) is 27.7 Å². The van der Waals surface area contributed by atoms with E-state index in [9.17, 15) is 14.7 Å². The number of hydrogen-bond acceptors (Lipinski definition) is 6. The molecule has 0 aromatic carbocycles. The van der Waals surface area contributed by atoms with Crippen LogP contribution in [0.1, 0.15) is 43.7 Å². The van der Waals surface area contributed by atoms with Gasteiger partial charge in [0.2, 0.25) is 0 Å². The van der Waals surface area contributed by atoms with Crippen LogP contribution in [0.15, 0.2) is 4.52 Å². The molecule has 6 heteroatoms. The van der Waals surface area contributed by atoms with E-state index < -0.39 is 5.60 Å². The van der Waals surface area contributed by atoms with Gasteiger partial charge in [0, 0.05) is 18.4 Å². The lowest BCUT2D eigenvalue weighted by Gasteiger charge is -2.25. The average Bonchev–Trinajstić information content (AvgIpc) is 2.57. The number of ketones is 2. The van der Waals surface area contributed by atoms with Crippen LogP contribution in [0.2, 0.25) is 0 Å². The van der Waals surface area contributed by atoms with Crippen molar-refractivity contribution < 1.29 is 24.0 Å². The summed E-state index contributed by atoms with van der Waals surface area (Å²) in [5.41, 5.74) is 0.0959. The van der Waals surface area contributed by atoms with Crippen LogP contribution in [-0.2, 0) is 20.9 Å². The number of carbonyl (C=O) groups excluding carboxylic acids is 2. The highest BCUT2D eigenvalue weighted by molar-refractivity contribution is 5.80. The van der Waals surface area contributed by atoms with E-state index in [1.165, 1.54) is 13.8 Å².